The number of hydrogen-bond acceptors (Lipinski definition) is 4. The number of halogens is 2. The molecule has 160 valence electrons. The van der Waals surface area contributed by atoms with Gasteiger partial charge in [0.2, 0.25) is 0 Å². The van der Waals surface area contributed by atoms with Crippen molar-refractivity contribution in [3.05, 3.63) is 105 Å². The van der Waals surface area contributed by atoms with Crippen LogP contribution in [0.5, 0.6) is 0 Å². The second kappa shape index (κ2) is 8.19. The monoisotopic (exact) mass is 513 g/mol. The Morgan fingerprint density at radius 3 is 2.36 bits per heavy atom. The molecule has 2 heterocycles. The molecule has 3 aromatic rings. The van der Waals surface area contributed by atoms with E-state index >= 15 is 0 Å². The molecule has 0 spiro atoms. The summed E-state index contributed by atoms with van der Waals surface area (Å²) in [6, 6.07) is 25.3. The van der Waals surface area contributed by atoms with Crippen molar-refractivity contribution in [2.75, 3.05) is 4.90 Å². The van der Waals surface area contributed by atoms with Crippen molar-refractivity contribution in [3.63, 3.8) is 0 Å². The van der Waals surface area contributed by atoms with Gasteiger partial charge >= 0.3 is 0 Å². The van der Waals surface area contributed by atoms with E-state index < -0.39 is 23.4 Å². The number of ketones is 1. The van der Waals surface area contributed by atoms with E-state index in [2.05, 4.69) is 28.1 Å². The molecule has 0 bridgehead atoms. The van der Waals surface area contributed by atoms with E-state index in [1.165, 1.54) is 0 Å². The van der Waals surface area contributed by atoms with Gasteiger partial charge in [-0.2, -0.15) is 10.5 Å². The van der Waals surface area contributed by atoms with E-state index in [-0.39, 0.29) is 5.78 Å². The fourth-order valence-corrected chi connectivity index (χ4v) is 5.53. The number of nitrogens with zero attached hydrogens (tertiary/aromatic N) is 3. The zero-order chi connectivity index (χ0) is 23.2. The molecule has 0 radical (unpaired) electrons. The summed E-state index contributed by atoms with van der Waals surface area (Å²) in [4.78, 5) is 16.0. The highest BCUT2D eigenvalue weighted by Gasteiger charge is 2.63. The van der Waals surface area contributed by atoms with Crippen molar-refractivity contribution < 1.29 is 4.79 Å². The molecule has 3 aromatic carbocycles. The van der Waals surface area contributed by atoms with Gasteiger partial charge in [0, 0.05) is 26.7 Å². The first kappa shape index (κ1) is 21.5. The quantitative estimate of drug-likeness (QED) is 0.380. The molecule has 2 aliphatic rings. The molecule has 3 atom stereocenters. The maximum Gasteiger partial charge on any atom is 0.185 e. The highest BCUT2D eigenvalue weighted by molar-refractivity contribution is 9.10. The Morgan fingerprint density at radius 1 is 1.00 bits per heavy atom. The SMILES string of the molecule is N#CC1(C#N)[C@H](c2ccc(Br)cc2)[C@@H](C(=O)c2ccccc2)N2c3ccc(Cl)cc3C=C[C@H]21. The van der Waals surface area contributed by atoms with Crippen LogP contribution in [-0.2, 0) is 0 Å². The predicted molar refractivity (Wildman–Crippen MR) is 132 cm³/mol. The van der Waals surface area contributed by atoms with E-state index in [1.54, 1.807) is 18.2 Å². The lowest BCUT2D eigenvalue weighted by Gasteiger charge is -2.35. The maximum absolute atomic E-state index is 14.0. The van der Waals surface area contributed by atoms with Crippen LogP contribution in [0.2, 0.25) is 5.02 Å². The maximum atomic E-state index is 14.0. The molecular formula is C27H17BrClN3O. The number of nitriles is 2. The highest BCUT2D eigenvalue weighted by atomic mass is 79.9. The summed E-state index contributed by atoms with van der Waals surface area (Å²) >= 11 is 9.69. The molecule has 4 nitrogen and oxygen atoms in total. The van der Waals surface area contributed by atoms with Crippen molar-refractivity contribution in [2.45, 2.75) is 18.0 Å². The molecular weight excluding hydrogens is 498 g/mol. The third-order valence-electron chi connectivity index (χ3n) is 6.52. The lowest BCUT2D eigenvalue weighted by molar-refractivity contribution is 0.0951. The first-order valence-electron chi connectivity index (χ1n) is 10.4. The molecule has 5 rings (SSSR count). The largest absolute Gasteiger partial charge is 0.351 e. The van der Waals surface area contributed by atoms with Crippen molar-refractivity contribution >= 4 is 45.1 Å². The van der Waals surface area contributed by atoms with Crippen LogP contribution < -0.4 is 4.90 Å². The van der Waals surface area contributed by atoms with Gasteiger partial charge in [-0.25, -0.2) is 0 Å². The number of rotatable bonds is 3. The molecule has 0 aliphatic carbocycles. The van der Waals surface area contributed by atoms with Crippen LogP contribution in [0, 0.1) is 28.1 Å². The van der Waals surface area contributed by atoms with Gasteiger partial charge in [0.1, 0.15) is 6.04 Å². The number of carbonyl (C=O) groups excluding carboxylic acids is 1. The third kappa shape index (κ3) is 3.28. The van der Waals surface area contributed by atoms with E-state index in [0.717, 1.165) is 21.3 Å². The van der Waals surface area contributed by atoms with Gasteiger partial charge in [-0.05, 0) is 41.5 Å². The van der Waals surface area contributed by atoms with Gasteiger partial charge in [0.05, 0.1) is 18.2 Å². The van der Waals surface area contributed by atoms with Crippen LogP contribution in [0.3, 0.4) is 0 Å². The lowest BCUT2D eigenvalue weighted by atomic mass is 9.69. The van der Waals surface area contributed by atoms with Gasteiger partial charge in [0.25, 0.3) is 0 Å². The molecule has 0 N–H and O–H groups in total. The number of carbonyl (C=O) groups is 1. The van der Waals surface area contributed by atoms with E-state index in [9.17, 15) is 15.3 Å². The normalized spacial score (nSPS) is 22.1. The Labute approximate surface area is 205 Å². The van der Waals surface area contributed by atoms with Gasteiger partial charge < -0.3 is 4.90 Å². The Bertz CT molecular complexity index is 1340. The summed E-state index contributed by atoms with van der Waals surface area (Å²) in [5.74, 6) is -0.790. The van der Waals surface area contributed by atoms with E-state index in [0.29, 0.717) is 10.6 Å². The van der Waals surface area contributed by atoms with Gasteiger partial charge in [-0.3, -0.25) is 4.79 Å². The Balaban J connectivity index is 1.79. The van der Waals surface area contributed by atoms with Crippen LogP contribution in [0.1, 0.15) is 27.4 Å². The van der Waals surface area contributed by atoms with Crippen molar-refractivity contribution in [1.29, 1.82) is 10.5 Å². The zero-order valence-corrected chi connectivity index (χ0v) is 19.7. The molecule has 0 aromatic heterocycles. The second-order valence-corrected chi connectivity index (χ2v) is 9.56. The summed E-state index contributed by atoms with van der Waals surface area (Å²) in [5.41, 5.74) is 1.49. The Kier molecular flexibility index (Phi) is 5.33. The van der Waals surface area contributed by atoms with Crippen molar-refractivity contribution in [1.82, 2.24) is 0 Å². The van der Waals surface area contributed by atoms with E-state index in [4.69, 9.17) is 11.6 Å². The fraction of sp³-hybridized carbons (Fsp3) is 0.148. The minimum Gasteiger partial charge on any atom is -0.351 e. The van der Waals surface area contributed by atoms with Crippen LogP contribution in [0.15, 0.2) is 83.3 Å². The average Bonchev–Trinajstić information content (AvgIpc) is 3.15. The molecule has 0 unspecified atom stereocenters. The number of fused-ring (bicyclic) bond motifs is 3. The topological polar surface area (TPSA) is 67.9 Å². The number of hydrogen-bond donors (Lipinski definition) is 0. The molecule has 33 heavy (non-hydrogen) atoms. The predicted octanol–water partition coefficient (Wildman–Crippen LogP) is 6.39. The van der Waals surface area contributed by atoms with Crippen molar-refractivity contribution in [3.8, 4) is 12.1 Å². The summed E-state index contributed by atoms with van der Waals surface area (Å²) < 4.78 is 0.882. The average molecular weight is 515 g/mol. The summed E-state index contributed by atoms with van der Waals surface area (Å²) in [7, 11) is 0. The fourth-order valence-electron chi connectivity index (χ4n) is 5.08. The Hall–Kier alpha value is -3.38. The van der Waals surface area contributed by atoms with Crippen LogP contribution in [0.25, 0.3) is 6.08 Å². The molecule has 2 aliphatic heterocycles. The highest BCUT2D eigenvalue weighted by Crippen LogP contribution is 2.55. The van der Waals surface area contributed by atoms with Crippen molar-refractivity contribution in [2.24, 2.45) is 5.41 Å². The number of anilines is 1. The van der Waals surface area contributed by atoms with Crippen LogP contribution >= 0.6 is 27.5 Å². The molecule has 6 heteroatoms. The molecule has 1 fully saturated rings. The minimum atomic E-state index is -1.46. The first-order chi connectivity index (χ1) is 16.0. The van der Waals surface area contributed by atoms with Gasteiger partial charge in [-0.15, -0.1) is 0 Å². The summed E-state index contributed by atoms with van der Waals surface area (Å²) in [6.07, 6.45) is 3.75. The van der Waals surface area contributed by atoms with Gasteiger partial charge in [0.15, 0.2) is 11.2 Å². The number of Topliss-reactive ketones (excluding diaryl/α,β-unsaturated/α-hetero) is 1. The van der Waals surface area contributed by atoms with E-state index in [1.807, 2.05) is 71.6 Å². The standard InChI is InChI=1S/C27H17BrClN3O/c28-20-9-6-17(7-10-20)24-25(26(33)18-4-2-1-3-5-18)32-22-12-11-21(29)14-19(22)8-13-23(32)27(24,15-30)16-31/h1-14,23-25H/t23-,24+,25-/m0/s1. The summed E-state index contributed by atoms with van der Waals surface area (Å²) in [6.45, 7) is 0. The second-order valence-electron chi connectivity index (χ2n) is 8.21. The van der Waals surface area contributed by atoms with Crippen LogP contribution in [-0.4, -0.2) is 17.9 Å². The Morgan fingerprint density at radius 2 is 1.70 bits per heavy atom. The smallest absolute Gasteiger partial charge is 0.185 e. The first-order valence-corrected chi connectivity index (χ1v) is 11.6. The molecule has 1 saturated heterocycles. The minimum absolute atomic E-state index is 0.128. The van der Waals surface area contributed by atoms with Gasteiger partial charge in [-0.1, -0.05) is 82.1 Å². The third-order valence-corrected chi connectivity index (χ3v) is 7.29. The van der Waals surface area contributed by atoms with Crippen LogP contribution in [0.4, 0.5) is 5.69 Å². The zero-order valence-electron chi connectivity index (χ0n) is 17.3. The number of benzene rings is 3. The molecule has 0 saturated carbocycles. The summed E-state index contributed by atoms with van der Waals surface area (Å²) in [5, 5.41) is 21.4. The molecule has 0 amide bonds. The lowest BCUT2D eigenvalue weighted by Crippen LogP contribution is -2.44.